The second-order valence-electron chi connectivity index (χ2n) is 4.42. The van der Waals surface area contributed by atoms with E-state index in [1.165, 1.54) is 19.3 Å². The molecule has 0 aliphatic heterocycles. The van der Waals surface area contributed by atoms with Crippen LogP contribution >= 0.6 is 0 Å². The van der Waals surface area contributed by atoms with Gasteiger partial charge in [-0.3, -0.25) is 0 Å². The van der Waals surface area contributed by atoms with E-state index in [1.54, 1.807) is 0 Å². The van der Waals surface area contributed by atoms with Gasteiger partial charge in [0.25, 0.3) is 0 Å². The Balaban J connectivity index is 3.50. The highest BCUT2D eigenvalue weighted by atomic mass is 15.1. The third-order valence-electron chi connectivity index (χ3n) is 2.91. The van der Waals surface area contributed by atoms with Crippen molar-refractivity contribution < 1.29 is 0 Å². The second-order valence-corrected chi connectivity index (χ2v) is 4.42. The third kappa shape index (κ3) is 6.39. The molecule has 1 atom stereocenters. The molecule has 0 heterocycles. The van der Waals surface area contributed by atoms with E-state index in [1.807, 2.05) is 0 Å². The summed E-state index contributed by atoms with van der Waals surface area (Å²) in [5.74, 6) is 0. The summed E-state index contributed by atoms with van der Waals surface area (Å²) >= 11 is 0. The van der Waals surface area contributed by atoms with Crippen LogP contribution in [-0.2, 0) is 0 Å². The number of hydrogen-bond donors (Lipinski definition) is 1. The standard InChI is InChI=1S/C12H28N2/c1-6-8-12(7-2)13-9-10-14(5)11(3)4/h11-13H,6-10H2,1-5H3. The molecule has 1 unspecified atom stereocenters. The normalized spacial score (nSPS) is 13.9. The highest BCUT2D eigenvalue weighted by molar-refractivity contribution is 4.66. The maximum atomic E-state index is 3.61. The maximum absolute atomic E-state index is 3.61. The zero-order valence-corrected chi connectivity index (χ0v) is 10.6. The van der Waals surface area contributed by atoms with Gasteiger partial charge in [0.2, 0.25) is 0 Å². The molecular formula is C12H28N2. The first-order valence-electron chi connectivity index (χ1n) is 6.05. The van der Waals surface area contributed by atoms with Gasteiger partial charge in [-0.2, -0.15) is 0 Å². The molecule has 0 saturated carbocycles. The number of likely N-dealkylation sites (N-methyl/N-ethyl adjacent to an activating group) is 1. The Morgan fingerprint density at radius 3 is 2.29 bits per heavy atom. The Kier molecular flexibility index (Phi) is 8.20. The maximum Gasteiger partial charge on any atom is 0.0107 e. The fourth-order valence-corrected chi connectivity index (χ4v) is 1.50. The van der Waals surface area contributed by atoms with Crippen molar-refractivity contribution in [3.8, 4) is 0 Å². The zero-order chi connectivity index (χ0) is 11.0. The van der Waals surface area contributed by atoms with E-state index in [4.69, 9.17) is 0 Å². The molecule has 0 bridgehead atoms. The van der Waals surface area contributed by atoms with E-state index >= 15 is 0 Å². The van der Waals surface area contributed by atoms with Crippen molar-refractivity contribution in [2.75, 3.05) is 20.1 Å². The van der Waals surface area contributed by atoms with Crippen LogP contribution in [0.5, 0.6) is 0 Å². The van der Waals surface area contributed by atoms with Gasteiger partial charge in [-0.05, 0) is 33.7 Å². The van der Waals surface area contributed by atoms with E-state index < -0.39 is 0 Å². The Morgan fingerprint density at radius 2 is 1.86 bits per heavy atom. The van der Waals surface area contributed by atoms with Gasteiger partial charge < -0.3 is 10.2 Å². The van der Waals surface area contributed by atoms with Crippen LogP contribution in [0, 0.1) is 0 Å². The number of nitrogens with one attached hydrogen (secondary N) is 1. The van der Waals surface area contributed by atoms with Crippen molar-refractivity contribution >= 4 is 0 Å². The molecule has 0 fully saturated rings. The number of nitrogens with zero attached hydrogens (tertiary/aromatic N) is 1. The first kappa shape index (κ1) is 13.9. The highest BCUT2D eigenvalue weighted by Crippen LogP contribution is 2.00. The minimum absolute atomic E-state index is 0.656. The quantitative estimate of drug-likeness (QED) is 0.647. The molecule has 2 nitrogen and oxygen atoms in total. The fraction of sp³-hybridized carbons (Fsp3) is 1.00. The molecule has 0 rings (SSSR count). The van der Waals surface area contributed by atoms with Gasteiger partial charge in [0.05, 0.1) is 0 Å². The van der Waals surface area contributed by atoms with Crippen molar-refractivity contribution in [2.24, 2.45) is 0 Å². The summed E-state index contributed by atoms with van der Waals surface area (Å²) in [6.07, 6.45) is 3.84. The monoisotopic (exact) mass is 200 g/mol. The molecule has 0 amide bonds. The predicted molar refractivity (Wildman–Crippen MR) is 64.8 cm³/mol. The summed E-state index contributed by atoms with van der Waals surface area (Å²) in [5.41, 5.74) is 0. The van der Waals surface area contributed by atoms with Crippen LogP contribution in [0.25, 0.3) is 0 Å². The molecule has 0 saturated heterocycles. The first-order chi connectivity index (χ1) is 6.61. The Bertz CT molecular complexity index is 123. The van der Waals surface area contributed by atoms with E-state index in [9.17, 15) is 0 Å². The van der Waals surface area contributed by atoms with Gasteiger partial charge in [0, 0.05) is 25.2 Å². The molecule has 0 aliphatic rings. The Morgan fingerprint density at radius 1 is 1.21 bits per heavy atom. The summed E-state index contributed by atoms with van der Waals surface area (Å²) in [5, 5.41) is 3.61. The average Bonchev–Trinajstić information content (AvgIpc) is 2.16. The second kappa shape index (κ2) is 8.25. The van der Waals surface area contributed by atoms with Crippen LogP contribution in [-0.4, -0.2) is 37.1 Å². The topological polar surface area (TPSA) is 15.3 Å². The fourth-order valence-electron chi connectivity index (χ4n) is 1.50. The predicted octanol–water partition coefficient (Wildman–Crippen LogP) is 2.49. The summed E-state index contributed by atoms with van der Waals surface area (Å²) < 4.78 is 0. The lowest BCUT2D eigenvalue weighted by Gasteiger charge is -2.23. The van der Waals surface area contributed by atoms with Crippen LogP contribution in [0.1, 0.15) is 47.0 Å². The molecule has 0 radical (unpaired) electrons. The minimum atomic E-state index is 0.656. The highest BCUT2D eigenvalue weighted by Gasteiger charge is 2.05. The molecule has 0 aliphatic carbocycles. The molecule has 0 aromatic carbocycles. The summed E-state index contributed by atoms with van der Waals surface area (Å²) in [7, 11) is 2.19. The molecule has 2 heteroatoms. The molecule has 0 spiro atoms. The van der Waals surface area contributed by atoms with Crippen LogP contribution in [0.4, 0.5) is 0 Å². The van der Waals surface area contributed by atoms with Crippen molar-refractivity contribution in [3.63, 3.8) is 0 Å². The van der Waals surface area contributed by atoms with Crippen molar-refractivity contribution in [1.29, 1.82) is 0 Å². The lowest BCUT2D eigenvalue weighted by Crippen LogP contribution is -2.37. The van der Waals surface area contributed by atoms with Crippen molar-refractivity contribution in [2.45, 2.75) is 59.0 Å². The molecule has 0 aromatic rings. The van der Waals surface area contributed by atoms with Gasteiger partial charge in [-0.15, -0.1) is 0 Å². The minimum Gasteiger partial charge on any atom is -0.313 e. The Hall–Kier alpha value is -0.0800. The molecule has 0 aromatic heterocycles. The lowest BCUT2D eigenvalue weighted by atomic mass is 10.1. The molecule has 86 valence electrons. The third-order valence-corrected chi connectivity index (χ3v) is 2.91. The largest absolute Gasteiger partial charge is 0.313 e. The molecule has 1 N–H and O–H groups in total. The Labute approximate surface area is 90.1 Å². The number of hydrogen-bond acceptors (Lipinski definition) is 2. The van der Waals surface area contributed by atoms with Crippen molar-refractivity contribution in [3.05, 3.63) is 0 Å². The van der Waals surface area contributed by atoms with Crippen LogP contribution < -0.4 is 5.32 Å². The van der Waals surface area contributed by atoms with Crippen LogP contribution in [0.15, 0.2) is 0 Å². The SMILES string of the molecule is CCCC(CC)NCCN(C)C(C)C. The van der Waals surface area contributed by atoms with E-state index in [0.717, 1.165) is 19.1 Å². The van der Waals surface area contributed by atoms with Crippen LogP contribution in [0.2, 0.25) is 0 Å². The molecule has 14 heavy (non-hydrogen) atoms. The number of rotatable bonds is 8. The smallest absolute Gasteiger partial charge is 0.0107 e. The summed E-state index contributed by atoms with van der Waals surface area (Å²) in [4.78, 5) is 2.38. The van der Waals surface area contributed by atoms with Gasteiger partial charge in [-0.25, -0.2) is 0 Å². The van der Waals surface area contributed by atoms with Crippen LogP contribution in [0.3, 0.4) is 0 Å². The average molecular weight is 200 g/mol. The van der Waals surface area contributed by atoms with Crippen molar-refractivity contribution in [1.82, 2.24) is 10.2 Å². The van der Waals surface area contributed by atoms with Gasteiger partial charge in [0.15, 0.2) is 0 Å². The summed E-state index contributed by atoms with van der Waals surface area (Å²) in [6.45, 7) is 11.3. The van der Waals surface area contributed by atoms with Gasteiger partial charge >= 0.3 is 0 Å². The molecular weight excluding hydrogens is 172 g/mol. The zero-order valence-electron chi connectivity index (χ0n) is 10.6. The lowest BCUT2D eigenvalue weighted by molar-refractivity contribution is 0.266. The first-order valence-corrected chi connectivity index (χ1v) is 6.05. The van der Waals surface area contributed by atoms with E-state index in [2.05, 4.69) is 45.0 Å². The van der Waals surface area contributed by atoms with E-state index in [-0.39, 0.29) is 0 Å². The van der Waals surface area contributed by atoms with E-state index in [0.29, 0.717) is 6.04 Å². The summed E-state index contributed by atoms with van der Waals surface area (Å²) in [6, 6.07) is 1.38. The van der Waals surface area contributed by atoms with Gasteiger partial charge in [-0.1, -0.05) is 20.3 Å². The van der Waals surface area contributed by atoms with Gasteiger partial charge in [0.1, 0.15) is 0 Å².